The molecular formula is C19H27ClN2O3. The Morgan fingerprint density at radius 3 is 2.72 bits per heavy atom. The molecule has 0 aliphatic carbocycles. The van der Waals surface area contributed by atoms with Crippen LogP contribution in [0.15, 0.2) is 24.8 Å². The zero-order valence-electron chi connectivity index (χ0n) is 14.9. The Morgan fingerprint density at radius 1 is 1.28 bits per heavy atom. The molecule has 2 bridgehead atoms. The molecule has 25 heavy (non-hydrogen) atoms. The molecule has 1 aromatic rings. The molecule has 138 valence electrons. The van der Waals surface area contributed by atoms with E-state index in [0.717, 1.165) is 31.5 Å². The molecule has 6 heteroatoms. The number of hydrogen-bond donors (Lipinski definition) is 1. The maximum atomic E-state index is 13.0. The molecule has 1 amide bonds. The minimum absolute atomic E-state index is 0. The van der Waals surface area contributed by atoms with Gasteiger partial charge in [0.1, 0.15) is 0 Å². The summed E-state index contributed by atoms with van der Waals surface area (Å²) in [5, 5.41) is 3.61. The summed E-state index contributed by atoms with van der Waals surface area (Å²) in [6.45, 7) is 5.37. The number of hydrogen-bond acceptors (Lipinski definition) is 4. The van der Waals surface area contributed by atoms with Crippen LogP contribution < -0.4 is 14.8 Å². The SMILES string of the molecule is C=CCc1cc(C(=O)N2CCC3CCC(C2)N3)cc(OC)c1OC.Cl. The largest absolute Gasteiger partial charge is 0.493 e. The van der Waals surface area contributed by atoms with Crippen LogP contribution in [0, 0.1) is 0 Å². The highest BCUT2D eigenvalue weighted by molar-refractivity contribution is 5.95. The molecule has 2 atom stereocenters. The van der Waals surface area contributed by atoms with E-state index < -0.39 is 0 Å². The first-order chi connectivity index (χ1) is 11.7. The summed E-state index contributed by atoms with van der Waals surface area (Å²) in [5.41, 5.74) is 1.58. The number of likely N-dealkylation sites (tertiary alicyclic amines) is 1. The normalized spacial score (nSPS) is 21.9. The van der Waals surface area contributed by atoms with Crippen LogP contribution >= 0.6 is 12.4 Å². The maximum Gasteiger partial charge on any atom is 0.254 e. The van der Waals surface area contributed by atoms with E-state index in [2.05, 4.69) is 11.9 Å². The van der Waals surface area contributed by atoms with E-state index in [1.807, 2.05) is 11.0 Å². The molecule has 3 rings (SSSR count). The molecule has 2 saturated heterocycles. The van der Waals surface area contributed by atoms with Gasteiger partial charge in [-0.15, -0.1) is 19.0 Å². The van der Waals surface area contributed by atoms with Crippen molar-refractivity contribution in [1.82, 2.24) is 10.2 Å². The number of carbonyl (C=O) groups excluding carboxylic acids is 1. The van der Waals surface area contributed by atoms with E-state index >= 15 is 0 Å². The summed E-state index contributed by atoms with van der Waals surface area (Å²) >= 11 is 0. The van der Waals surface area contributed by atoms with Gasteiger partial charge in [-0.1, -0.05) is 6.08 Å². The number of allylic oxidation sites excluding steroid dienone is 1. The standard InChI is InChI=1S/C19H26N2O3.ClH/c1-4-5-13-10-14(11-17(23-2)18(13)24-3)19(22)21-9-8-15-6-7-16(12-21)20-15;/h4,10-11,15-16,20H,1,5-9,12H2,2-3H3;1H. The topological polar surface area (TPSA) is 50.8 Å². The van der Waals surface area contributed by atoms with Crippen LogP contribution in [0.25, 0.3) is 0 Å². The molecule has 2 aliphatic rings. The predicted molar refractivity (Wildman–Crippen MR) is 101 cm³/mol. The molecule has 5 nitrogen and oxygen atoms in total. The highest BCUT2D eigenvalue weighted by Gasteiger charge is 2.31. The van der Waals surface area contributed by atoms with Gasteiger partial charge in [0.2, 0.25) is 0 Å². The van der Waals surface area contributed by atoms with Crippen LogP contribution in [0.5, 0.6) is 11.5 Å². The van der Waals surface area contributed by atoms with E-state index in [1.54, 1.807) is 26.4 Å². The number of methoxy groups -OCH3 is 2. The summed E-state index contributed by atoms with van der Waals surface area (Å²) in [6, 6.07) is 4.68. The van der Waals surface area contributed by atoms with E-state index in [9.17, 15) is 4.79 Å². The first kappa shape index (κ1) is 19.6. The van der Waals surface area contributed by atoms with Crippen LogP contribution in [0.4, 0.5) is 0 Å². The van der Waals surface area contributed by atoms with Crippen molar-refractivity contribution >= 4 is 18.3 Å². The van der Waals surface area contributed by atoms with Gasteiger partial charge in [-0.05, 0) is 37.8 Å². The number of carbonyl (C=O) groups is 1. The summed E-state index contributed by atoms with van der Waals surface area (Å²) in [6.07, 6.45) is 5.84. The van der Waals surface area contributed by atoms with E-state index in [1.165, 1.54) is 6.42 Å². The monoisotopic (exact) mass is 366 g/mol. The third-order valence-electron chi connectivity index (χ3n) is 4.98. The molecule has 0 radical (unpaired) electrons. The molecule has 0 saturated carbocycles. The van der Waals surface area contributed by atoms with Gasteiger partial charge in [0.25, 0.3) is 5.91 Å². The van der Waals surface area contributed by atoms with Crippen LogP contribution in [0.1, 0.15) is 35.2 Å². The van der Waals surface area contributed by atoms with Gasteiger partial charge < -0.3 is 19.7 Å². The number of halogens is 1. The lowest BCUT2D eigenvalue weighted by atomic mass is 10.0. The van der Waals surface area contributed by atoms with E-state index in [4.69, 9.17) is 9.47 Å². The first-order valence-electron chi connectivity index (χ1n) is 8.57. The maximum absolute atomic E-state index is 13.0. The third kappa shape index (κ3) is 4.10. The minimum atomic E-state index is 0. The Labute approximate surface area is 155 Å². The van der Waals surface area contributed by atoms with Crippen LogP contribution in [-0.2, 0) is 6.42 Å². The van der Waals surface area contributed by atoms with Gasteiger partial charge in [0.05, 0.1) is 14.2 Å². The lowest BCUT2D eigenvalue weighted by molar-refractivity contribution is 0.0747. The fourth-order valence-corrected chi connectivity index (χ4v) is 3.78. The Kier molecular flexibility index (Phi) is 6.73. The number of nitrogens with one attached hydrogen (secondary N) is 1. The quantitative estimate of drug-likeness (QED) is 0.814. The molecule has 2 heterocycles. The lowest BCUT2D eigenvalue weighted by Gasteiger charge is -2.25. The van der Waals surface area contributed by atoms with E-state index in [0.29, 0.717) is 35.6 Å². The Morgan fingerprint density at radius 2 is 2.04 bits per heavy atom. The van der Waals surface area contributed by atoms with Gasteiger partial charge >= 0.3 is 0 Å². The van der Waals surface area contributed by atoms with Crippen molar-refractivity contribution in [3.63, 3.8) is 0 Å². The van der Waals surface area contributed by atoms with Gasteiger partial charge in [0, 0.05) is 36.3 Å². The molecule has 2 fully saturated rings. The smallest absolute Gasteiger partial charge is 0.254 e. The molecule has 2 unspecified atom stereocenters. The minimum Gasteiger partial charge on any atom is -0.493 e. The second kappa shape index (κ2) is 8.59. The van der Waals surface area contributed by atoms with Crippen molar-refractivity contribution < 1.29 is 14.3 Å². The predicted octanol–water partition coefficient (Wildman–Crippen LogP) is 2.82. The van der Waals surface area contributed by atoms with Crippen molar-refractivity contribution in [2.75, 3.05) is 27.3 Å². The van der Waals surface area contributed by atoms with Crippen LogP contribution in [-0.4, -0.2) is 50.2 Å². The van der Waals surface area contributed by atoms with Crippen molar-refractivity contribution in [1.29, 1.82) is 0 Å². The summed E-state index contributed by atoms with van der Waals surface area (Å²) in [4.78, 5) is 15.0. The second-order valence-electron chi connectivity index (χ2n) is 6.54. The molecule has 1 N–H and O–H groups in total. The van der Waals surface area contributed by atoms with Gasteiger partial charge in [0.15, 0.2) is 11.5 Å². The zero-order valence-corrected chi connectivity index (χ0v) is 15.7. The number of amides is 1. The number of ether oxygens (including phenoxy) is 2. The highest BCUT2D eigenvalue weighted by atomic mass is 35.5. The Bertz CT molecular complexity index is 635. The zero-order chi connectivity index (χ0) is 17.1. The first-order valence-corrected chi connectivity index (χ1v) is 8.57. The van der Waals surface area contributed by atoms with Crippen molar-refractivity contribution in [2.45, 2.75) is 37.8 Å². The number of benzene rings is 1. The average Bonchev–Trinajstić information content (AvgIpc) is 2.92. The lowest BCUT2D eigenvalue weighted by Crippen LogP contribution is -2.39. The molecular weight excluding hydrogens is 340 g/mol. The summed E-state index contributed by atoms with van der Waals surface area (Å²) in [5.74, 6) is 1.33. The number of rotatable bonds is 5. The third-order valence-corrected chi connectivity index (χ3v) is 4.98. The number of nitrogens with zero attached hydrogens (tertiary/aromatic N) is 1. The van der Waals surface area contributed by atoms with Crippen LogP contribution in [0.2, 0.25) is 0 Å². The van der Waals surface area contributed by atoms with Crippen molar-refractivity contribution in [2.24, 2.45) is 0 Å². The Hall–Kier alpha value is -1.72. The van der Waals surface area contributed by atoms with Gasteiger partial charge in [-0.25, -0.2) is 0 Å². The van der Waals surface area contributed by atoms with Crippen LogP contribution in [0.3, 0.4) is 0 Å². The van der Waals surface area contributed by atoms with Crippen molar-refractivity contribution in [3.8, 4) is 11.5 Å². The highest BCUT2D eigenvalue weighted by Crippen LogP contribution is 2.34. The molecule has 1 aromatic carbocycles. The molecule has 0 spiro atoms. The van der Waals surface area contributed by atoms with E-state index in [-0.39, 0.29) is 18.3 Å². The summed E-state index contributed by atoms with van der Waals surface area (Å²) in [7, 11) is 3.21. The number of fused-ring (bicyclic) bond motifs is 2. The fourth-order valence-electron chi connectivity index (χ4n) is 3.78. The average molecular weight is 367 g/mol. The molecule has 0 aromatic heterocycles. The van der Waals surface area contributed by atoms with Gasteiger partial charge in [-0.3, -0.25) is 4.79 Å². The Balaban J connectivity index is 0.00000225. The van der Waals surface area contributed by atoms with Crippen molar-refractivity contribution in [3.05, 3.63) is 35.9 Å². The summed E-state index contributed by atoms with van der Waals surface area (Å²) < 4.78 is 10.9. The molecule has 2 aliphatic heterocycles. The fraction of sp³-hybridized carbons (Fsp3) is 0.526. The van der Waals surface area contributed by atoms with Gasteiger partial charge in [-0.2, -0.15) is 0 Å². The second-order valence-corrected chi connectivity index (χ2v) is 6.54.